The Morgan fingerprint density at radius 1 is 1.53 bits per heavy atom. The Hall–Kier alpha value is -0.590. The van der Waals surface area contributed by atoms with Gasteiger partial charge in [0.15, 0.2) is 0 Å². The number of hydrogen-bond donors (Lipinski definition) is 1. The molecule has 0 aromatic heterocycles. The maximum Gasteiger partial charge on any atom is 0.104 e. The van der Waals surface area contributed by atoms with Crippen molar-refractivity contribution >= 4 is 0 Å². The fraction of sp³-hybridized carbons (Fsp3) is 0.917. The largest absolute Gasteiger partial charge is 0.313 e. The first-order valence-electron chi connectivity index (χ1n) is 6.01. The van der Waals surface area contributed by atoms with Crippen molar-refractivity contribution in [2.75, 3.05) is 13.6 Å². The second-order valence-corrected chi connectivity index (χ2v) is 4.79. The Morgan fingerprint density at radius 2 is 2.20 bits per heavy atom. The smallest absolute Gasteiger partial charge is 0.104 e. The van der Waals surface area contributed by atoms with Crippen molar-refractivity contribution in [1.29, 1.82) is 5.26 Å². The minimum absolute atomic E-state index is 0.597. The lowest BCUT2D eigenvalue weighted by atomic mass is 9.90. The van der Waals surface area contributed by atoms with Crippen LogP contribution in [0.4, 0.5) is 0 Å². The molecule has 0 aromatic carbocycles. The summed E-state index contributed by atoms with van der Waals surface area (Å²) in [7, 11) is 2.18. The number of nitriles is 1. The van der Waals surface area contributed by atoms with E-state index in [9.17, 15) is 0 Å². The average molecular weight is 209 g/mol. The van der Waals surface area contributed by atoms with Crippen LogP contribution in [0.3, 0.4) is 0 Å². The van der Waals surface area contributed by atoms with Crippen LogP contribution in [0.2, 0.25) is 0 Å². The van der Waals surface area contributed by atoms with Gasteiger partial charge < -0.3 is 10.6 Å². The van der Waals surface area contributed by atoms with Gasteiger partial charge in [-0.05, 0) is 45.7 Å². The molecular formula is C12H23N3. The van der Waals surface area contributed by atoms with Gasteiger partial charge in [-0.25, -0.2) is 0 Å². The minimum atomic E-state index is -0.597. The molecule has 0 aliphatic heterocycles. The molecule has 0 aromatic rings. The molecule has 0 radical (unpaired) electrons. The van der Waals surface area contributed by atoms with Crippen LogP contribution in [-0.2, 0) is 0 Å². The maximum atomic E-state index is 8.93. The van der Waals surface area contributed by atoms with Crippen LogP contribution in [-0.4, -0.2) is 30.1 Å². The van der Waals surface area contributed by atoms with E-state index in [0.717, 1.165) is 31.8 Å². The summed E-state index contributed by atoms with van der Waals surface area (Å²) in [4.78, 5) is 2.41. The zero-order chi connectivity index (χ0) is 11.3. The lowest BCUT2D eigenvalue weighted by molar-refractivity contribution is 0.155. The van der Waals surface area contributed by atoms with Gasteiger partial charge in [0.05, 0.1) is 6.07 Å². The lowest BCUT2D eigenvalue weighted by Gasteiger charge is -2.35. The molecule has 1 fully saturated rings. The van der Waals surface area contributed by atoms with E-state index in [-0.39, 0.29) is 0 Å². The number of rotatable bonds is 6. The summed E-state index contributed by atoms with van der Waals surface area (Å²) in [5, 5.41) is 8.93. The van der Waals surface area contributed by atoms with E-state index >= 15 is 0 Å². The summed E-state index contributed by atoms with van der Waals surface area (Å²) in [6.45, 7) is 3.06. The molecule has 1 aliphatic rings. The lowest BCUT2D eigenvalue weighted by Crippen LogP contribution is -2.40. The minimum Gasteiger partial charge on any atom is -0.313 e. The van der Waals surface area contributed by atoms with Gasteiger partial charge in [-0.3, -0.25) is 0 Å². The Kier molecular flexibility index (Phi) is 4.56. The molecular weight excluding hydrogens is 186 g/mol. The zero-order valence-corrected chi connectivity index (χ0v) is 10.00. The number of nitrogens with two attached hydrogens (primary N) is 1. The Morgan fingerprint density at radius 3 is 2.60 bits per heavy atom. The summed E-state index contributed by atoms with van der Waals surface area (Å²) < 4.78 is 0. The van der Waals surface area contributed by atoms with Crippen LogP contribution < -0.4 is 5.73 Å². The van der Waals surface area contributed by atoms with Gasteiger partial charge in [0.2, 0.25) is 0 Å². The van der Waals surface area contributed by atoms with Crippen LogP contribution in [0.5, 0.6) is 0 Å². The normalized spacial score (nSPS) is 20.7. The fourth-order valence-electron chi connectivity index (χ4n) is 1.97. The molecule has 1 aliphatic carbocycles. The molecule has 1 unspecified atom stereocenters. The second-order valence-electron chi connectivity index (χ2n) is 4.79. The SMILES string of the molecule is CCC(N)(C#N)CCCN(C)C1CCC1. The average Bonchev–Trinajstić information content (AvgIpc) is 2.15. The highest BCUT2D eigenvalue weighted by Gasteiger charge is 2.24. The fourth-order valence-corrected chi connectivity index (χ4v) is 1.97. The van der Waals surface area contributed by atoms with Crippen molar-refractivity contribution in [2.24, 2.45) is 5.73 Å². The molecule has 86 valence electrons. The third kappa shape index (κ3) is 3.48. The van der Waals surface area contributed by atoms with Gasteiger partial charge in [-0.1, -0.05) is 13.3 Å². The number of nitrogens with zero attached hydrogens (tertiary/aromatic N) is 2. The predicted molar refractivity (Wildman–Crippen MR) is 62.3 cm³/mol. The van der Waals surface area contributed by atoms with Gasteiger partial charge in [-0.15, -0.1) is 0 Å². The molecule has 0 saturated heterocycles. The molecule has 1 atom stereocenters. The van der Waals surface area contributed by atoms with E-state index in [2.05, 4.69) is 18.0 Å². The molecule has 3 nitrogen and oxygen atoms in total. The topological polar surface area (TPSA) is 53.1 Å². The molecule has 0 amide bonds. The van der Waals surface area contributed by atoms with Gasteiger partial charge in [0.25, 0.3) is 0 Å². The summed E-state index contributed by atoms with van der Waals surface area (Å²) in [6, 6.07) is 3.01. The Balaban J connectivity index is 2.17. The maximum absolute atomic E-state index is 8.93. The van der Waals surface area contributed by atoms with E-state index in [1.54, 1.807) is 0 Å². The molecule has 3 heteroatoms. The molecule has 0 heterocycles. The first-order chi connectivity index (χ1) is 7.11. The quantitative estimate of drug-likeness (QED) is 0.726. The van der Waals surface area contributed by atoms with Gasteiger partial charge in [0.1, 0.15) is 5.54 Å². The van der Waals surface area contributed by atoms with Crippen molar-refractivity contribution in [1.82, 2.24) is 4.90 Å². The van der Waals surface area contributed by atoms with Gasteiger partial charge in [-0.2, -0.15) is 5.26 Å². The highest BCUT2D eigenvalue weighted by atomic mass is 15.1. The van der Waals surface area contributed by atoms with Gasteiger partial charge in [0, 0.05) is 6.04 Å². The van der Waals surface area contributed by atoms with E-state index in [0.29, 0.717) is 0 Å². The highest BCUT2D eigenvalue weighted by Crippen LogP contribution is 2.24. The van der Waals surface area contributed by atoms with Crippen LogP contribution >= 0.6 is 0 Å². The van der Waals surface area contributed by atoms with E-state index < -0.39 is 5.54 Å². The standard InChI is InChI=1S/C12H23N3/c1-3-12(14,10-13)8-5-9-15(2)11-6-4-7-11/h11H,3-9,14H2,1-2H3. The molecule has 1 rings (SSSR count). The highest BCUT2D eigenvalue weighted by molar-refractivity contribution is 5.03. The summed E-state index contributed by atoms with van der Waals surface area (Å²) in [5.41, 5.74) is 5.33. The Bertz CT molecular complexity index is 230. The zero-order valence-electron chi connectivity index (χ0n) is 10.00. The molecule has 15 heavy (non-hydrogen) atoms. The van der Waals surface area contributed by atoms with E-state index in [1.807, 2.05) is 6.92 Å². The van der Waals surface area contributed by atoms with Crippen molar-refractivity contribution in [3.8, 4) is 6.07 Å². The Labute approximate surface area is 93.2 Å². The molecule has 2 N–H and O–H groups in total. The predicted octanol–water partition coefficient (Wildman–Crippen LogP) is 1.88. The third-order valence-corrected chi connectivity index (χ3v) is 3.69. The van der Waals surface area contributed by atoms with Crippen LogP contribution in [0.1, 0.15) is 45.4 Å². The monoisotopic (exact) mass is 209 g/mol. The third-order valence-electron chi connectivity index (χ3n) is 3.69. The summed E-state index contributed by atoms with van der Waals surface area (Å²) >= 11 is 0. The van der Waals surface area contributed by atoms with Crippen molar-refractivity contribution in [3.63, 3.8) is 0 Å². The second kappa shape index (κ2) is 5.48. The van der Waals surface area contributed by atoms with Gasteiger partial charge >= 0.3 is 0 Å². The van der Waals surface area contributed by atoms with Crippen molar-refractivity contribution < 1.29 is 0 Å². The molecule has 0 spiro atoms. The van der Waals surface area contributed by atoms with Crippen LogP contribution in [0.15, 0.2) is 0 Å². The van der Waals surface area contributed by atoms with E-state index in [1.165, 1.54) is 19.3 Å². The summed E-state index contributed by atoms with van der Waals surface area (Å²) in [6.07, 6.45) is 6.66. The van der Waals surface area contributed by atoms with E-state index in [4.69, 9.17) is 11.0 Å². The van der Waals surface area contributed by atoms with Crippen LogP contribution in [0.25, 0.3) is 0 Å². The molecule has 1 saturated carbocycles. The van der Waals surface area contributed by atoms with Crippen LogP contribution in [0, 0.1) is 11.3 Å². The molecule has 0 bridgehead atoms. The first-order valence-corrected chi connectivity index (χ1v) is 6.01. The summed E-state index contributed by atoms with van der Waals surface area (Å²) in [5.74, 6) is 0. The van der Waals surface area contributed by atoms with Crippen molar-refractivity contribution in [3.05, 3.63) is 0 Å². The number of hydrogen-bond acceptors (Lipinski definition) is 3. The first kappa shape index (κ1) is 12.5. The van der Waals surface area contributed by atoms with Crippen molar-refractivity contribution in [2.45, 2.75) is 57.0 Å².